The summed E-state index contributed by atoms with van der Waals surface area (Å²) in [6.45, 7) is 4.81. The van der Waals surface area contributed by atoms with Crippen molar-refractivity contribution in [2.45, 2.75) is 26.2 Å². The molecule has 5 rings (SSSR count). The van der Waals surface area contributed by atoms with E-state index in [1.807, 2.05) is 65.6 Å². The molecule has 0 saturated carbocycles. The van der Waals surface area contributed by atoms with Gasteiger partial charge in [0, 0.05) is 43.7 Å². The normalized spacial score (nSPS) is 14.1. The summed E-state index contributed by atoms with van der Waals surface area (Å²) < 4.78 is 5.68. The molecule has 1 amide bonds. The van der Waals surface area contributed by atoms with E-state index in [0.29, 0.717) is 31.9 Å². The number of carbonyl (C=O) groups excluding carboxylic acids is 1. The van der Waals surface area contributed by atoms with Crippen molar-refractivity contribution in [2.75, 3.05) is 31.1 Å². The molecule has 4 aromatic rings. The highest BCUT2D eigenvalue weighted by atomic mass is 16.5. The molecule has 0 spiro atoms. The predicted octanol–water partition coefficient (Wildman–Crippen LogP) is 4.59. The Balaban J connectivity index is 1.46. The molecule has 1 aliphatic rings. The summed E-state index contributed by atoms with van der Waals surface area (Å²) in [7, 11) is 0. The lowest BCUT2D eigenvalue weighted by molar-refractivity contribution is 0.0746. The zero-order valence-electron chi connectivity index (χ0n) is 18.8. The molecule has 1 aliphatic heterocycles. The van der Waals surface area contributed by atoms with E-state index in [1.165, 1.54) is 0 Å². The summed E-state index contributed by atoms with van der Waals surface area (Å²) in [6, 6.07) is 19.4. The van der Waals surface area contributed by atoms with Crippen LogP contribution in [0, 0.1) is 0 Å². The maximum absolute atomic E-state index is 12.9. The Morgan fingerprint density at radius 3 is 2.33 bits per heavy atom. The first-order valence-corrected chi connectivity index (χ1v) is 11.6. The van der Waals surface area contributed by atoms with Gasteiger partial charge in [0.15, 0.2) is 0 Å². The van der Waals surface area contributed by atoms with E-state index < -0.39 is 0 Å². The number of piperazine rings is 1. The van der Waals surface area contributed by atoms with Gasteiger partial charge in [0.25, 0.3) is 11.6 Å². The van der Waals surface area contributed by atoms with Gasteiger partial charge in [-0.15, -0.1) is 0 Å². The fourth-order valence-corrected chi connectivity index (χ4v) is 4.23. The van der Waals surface area contributed by atoms with Crippen molar-refractivity contribution < 1.29 is 9.32 Å². The molecule has 33 heavy (non-hydrogen) atoms. The topological polar surface area (TPSA) is 75.4 Å². The van der Waals surface area contributed by atoms with Crippen LogP contribution in [-0.4, -0.2) is 52.1 Å². The number of aromatic nitrogens is 3. The van der Waals surface area contributed by atoms with Crippen LogP contribution in [0.5, 0.6) is 0 Å². The van der Waals surface area contributed by atoms with Crippen LogP contribution in [0.3, 0.4) is 0 Å². The maximum Gasteiger partial charge on any atom is 0.263 e. The van der Waals surface area contributed by atoms with Crippen LogP contribution in [0.15, 0.2) is 65.2 Å². The molecule has 0 atom stereocenters. The molecule has 1 fully saturated rings. The molecular formula is C26H27N5O2. The molecule has 0 bridgehead atoms. The highest BCUT2D eigenvalue weighted by molar-refractivity contribution is 5.98. The van der Waals surface area contributed by atoms with Gasteiger partial charge in [0.05, 0.1) is 0 Å². The lowest BCUT2D eigenvalue weighted by Gasteiger charge is -2.35. The summed E-state index contributed by atoms with van der Waals surface area (Å²) in [6.07, 6.45) is 2.89. The number of hydrogen-bond acceptors (Lipinski definition) is 6. The second-order valence-corrected chi connectivity index (χ2v) is 8.29. The Bertz CT molecular complexity index is 1230. The third kappa shape index (κ3) is 4.31. The van der Waals surface area contributed by atoms with Gasteiger partial charge < -0.3 is 14.3 Å². The van der Waals surface area contributed by atoms with Crippen molar-refractivity contribution in [3.05, 3.63) is 72.1 Å². The molecule has 168 valence electrons. The second kappa shape index (κ2) is 9.40. The van der Waals surface area contributed by atoms with Gasteiger partial charge >= 0.3 is 0 Å². The molecular weight excluding hydrogens is 414 g/mol. The number of fused-ring (bicyclic) bond motifs is 1. The lowest BCUT2D eigenvalue weighted by atomic mass is 10.1. The molecule has 0 radical (unpaired) electrons. The van der Waals surface area contributed by atoms with E-state index in [2.05, 4.69) is 22.0 Å². The third-order valence-corrected chi connectivity index (χ3v) is 6.05. The summed E-state index contributed by atoms with van der Waals surface area (Å²) in [5.74, 6) is 1.69. The molecule has 2 aromatic carbocycles. The number of anilines is 1. The largest absolute Gasteiger partial charge is 0.352 e. The Hall–Kier alpha value is -3.74. The molecule has 0 N–H and O–H groups in total. The van der Waals surface area contributed by atoms with E-state index in [-0.39, 0.29) is 5.91 Å². The Kier molecular flexibility index (Phi) is 6.02. The van der Waals surface area contributed by atoms with Crippen molar-refractivity contribution in [3.63, 3.8) is 0 Å². The van der Waals surface area contributed by atoms with Crippen LogP contribution in [0.1, 0.15) is 35.9 Å². The van der Waals surface area contributed by atoms with Gasteiger partial charge in [0.2, 0.25) is 0 Å². The van der Waals surface area contributed by atoms with Crippen LogP contribution in [0.4, 0.5) is 5.82 Å². The summed E-state index contributed by atoms with van der Waals surface area (Å²) in [5, 5.41) is 5.19. The number of benzene rings is 2. The first kappa shape index (κ1) is 21.1. The predicted molar refractivity (Wildman–Crippen MR) is 128 cm³/mol. The average molecular weight is 442 g/mol. The molecule has 3 heterocycles. The number of aryl methyl sites for hydroxylation is 1. The quantitative estimate of drug-likeness (QED) is 0.436. The Morgan fingerprint density at radius 2 is 1.64 bits per heavy atom. The fraction of sp³-hybridized carbons (Fsp3) is 0.308. The van der Waals surface area contributed by atoms with Crippen molar-refractivity contribution >= 4 is 22.8 Å². The van der Waals surface area contributed by atoms with Crippen LogP contribution in [0.2, 0.25) is 0 Å². The SMILES string of the molecule is CCCCc1nc(N2CCN(C(=O)c3ccccc3)CC2)c2c(-c3ccccc3)noc2n1. The van der Waals surface area contributed by atoms with Crippen LogP contribution in [0.25, 0.3) is 22.4 Å². The van der Waals surface area contributed by atoms with Crippen molar-refractivity contribution in [2.24, 2.45) is 0 Å². The van der Waals surface area contributed by atoms with Crippen molar-refractivity contribution in [3.8, 4) is 11.3 Å². The number of amides is 1. The van der Waals surface area contributed by atoms with Gasteiger partial charge in [0.1, 0.15) is 22.7 Å². The number of rotatable bonds is 6. The second-order valence-electron chi connectivity index (χ2n) is 8.29. The molecule has 1 saturated heterocycles. The van der Waals surface area contributed by atoms with E-state index in [9.17, 15) is 4.79 Å². The minimum Gasteiger partial charge on any atom is -0.352 e. The average Bonchev–Trinajstić information content (AvgIpc) is 3.32. The van der Waals surface area contributed by atoms with E-state index in [0.717, 1.165) is 53.1 Å². The van der Waals surface area contributed by atoms with E-state index in [4.69, 9.17) is 9.51 Å². The van der Waals surface area contributed by atoms with Crippen LogP contribution >= 0.6 is 0 Å². The smallest absolute Gasteiger partial charge is 0.263 e. The minimum atomic E-state index is 0.0710. The first-order chi connectivity index (χ1) is 16.2. The highest BCUT2D eigenvalue weighted by Crippen LogP contribution is 2.34. The molecule has 0 unspecified atom stereocenters. The van der Waals surface area contributed by atoms with Gasteiger partial charge in [-0.05, 0) is 18.6 Å². The Labute approximate surface area is 193 Å². The Morgan fingerprint density at radius 1 is 0.939 bits per heavy atom. The fourth-order valence-electron chi connectivity index (χ4n) is 4.23. The summed E-state index contributed by atoms with van der Waals surface area (Å²) in [5.41, 5.74) is 2.97. The zero-order chi connectivity index (χ0) is 22.6. The van der Waals surface area contributed by atoms with E-state index in [1.54, 1.807) is 0 Å². The van der Waals surface area contributed by atoms with E-state index >= 15 is 0 Å². The molecule has 7 nitrogen and oxygen atoms in total. The minimum absolute atomic E-state index is 0.0710. The van der Waals surface area contributed by atoms with Crippen molar-refractivity contribution in [1.82, 2.24) is 20.0 Å². The summed E-state index contributed by atoms with van der Waals surface area (Å²) >= 11 is 0. The van der Waals surface area contributed by atoms with Crippen LogP contribution < -0.4 is 4.90 Å². The zero-order valence-corrected chi connectivity index (χ0v) is 18.8. The highest BCUT2D eigenvalue weighted by Gasteiger charge is 2.27. The first-order valence-electron chi connectivity index (χ1n) is 11.6. The van der Waals surface area contributed by atoms with Gasteiger partial charge in [-0.2, -0.15) is 4.98 Å². The molecule has 0 aliphatic carbocycles. The number of nitrogens with zero attached hydrogens (tertiary/aromatic N) is 5. The van der Waals surface area contributed by atoms with Gasteiger partial charge in [-0.3, -0.25) is 4.79 Å². The monoisotopic (exact) mass is 441 g/mol. The van der Waals surface area contributed by atoms with Crippen molar-refractivity contribution in [1.29, 1.82) is 0 Å². The summed E-state index contributed by atoms with van der Waals surface area (Å²) in [4.78, 5) is 26.7. The number of unbranched alkanes of at least 4 members (excludes halogenated alkanes) is 1. The molecule has 7 heteroatoms. The third-order valence-electron chi connectivity index (χ3n) is 6.05. The standard InChI is InChI=1S/C26H27N5O2/c1-2-3-14-21-27-24(22-23(29-33-25(22)28-21)19-10-6-4-7-11-19)30-15-17-31(18-16-30)26(32)20-12-8-5-9-13-20/h4-13H,2-3,14-18H2,1H3. The van der Waals surface area contributed by atoms with Crippen LogP contribution in [-0.2, 0) is 6.42 Å². The lowest BCUT2D eigenvalue weighted by Crippen LogP contribution is -2.49. The maximum atomic E-state index is 12.9. The number of hydrogen-bond donors (Lipinski definition) is 0. The van der Waals surface area contributed by atoms with Gasteiger partial charge in [-0.1, -0.05) is 67.0 Å². The molecule has 2 aromatic heterocycles. The number of carbonyl (C=O) groups is 1. The van der Waals surface area contributed by atoms with Gasteiger partial charge in [-0.25, -0.2) is 4.98 Å².